The highest BCUT2D eigenvalue weighted by atomic mass is 35.5. The normalized spacial score (nSPS) is 15.6. The molecule has 29 heavy (non-hydrogen) atoms. The van der Waals surface area contributed by atoms with E-state index in [4.69, 9.17) is 39.8 Å². The molecule has 0 spiro atoms. The van der Waals surface area contributed by atoms with Crippen molar-refractivity contribution in [2.45, 2.75) is 13.8 Å². The summed E-state index contributed by atoms with van der Waals surface area (Å²) in [5.74, 6) is 0.955. The number of hydrogen-bond donors (Lipinski definition) is 0. The van der Waals surface area contributed by atoms with Gasteiger partial charge in [0.15, 0.2) is 4.32 Å². The first-order chi connectivity index (χ1) is 13.8. The Morgan fingerprint density at radius 2 is 1.86 bits per heavy atom. The SMILES string of the molecule is Cc1ccc(N2C(=O)/C(=C/c3ccc(-c4cc(Cl)ccc4Cl)o3)SC2=S)c(C)c1. The number of carbonyl (C=O) groups excluding carboxylic acids is 1. The zero-order valence-electron chi connectivity index (χ0n) is 15.5. The van der Waals surface area contributed by atoms with Crippen LogP contribution in [0.4, 0.5) is 5.69 Å². The van der Waals surface area contributed by atoms with Crippen LogP contribution in [0.3, 0.4) is 0 Å². The number of thiocarbonyl (C=S) groups is 1. The molecular weight excluding hydrogens is 445 g/mol. The maximum atomic E-state index is 13.0. The number of thioether (sulfide) groups is 1. The van der Waals surface area contributed by atoms with Gasteiger partial charge in [0.1, 0.15) is 11.5 Å². The van der Waals surface area contributed by atoms with Crippen LogP contribution in [0.5, 0.6) is 0 Å². The highest BCUT2D eigenvalue weighted by molar-refractivity contribution is 8.27. The highest BCUT2D eigenvalue weighted by Crippen LogP contribution is 2.38. The molecule has 2 heterocycles. The van der Waals surface area contributed by atoms with Crippen LogP contribution in [0, 0.1) is 13.8 Å². The molecule has 146 valence electrons. The summed E-state index contributed by atoms with van der Waals surface area (Å²) >= 11 is 19.0. The molecule has 1 aliphatic heterocycles. The molecule has 0 unspecified atom stereocenters. The maximum Gasteiger partial charge on any atom is 0.270 e. The van der Waals surface area contributed by atoms with Gasteiger partial charge < -0.3 is 4.42 Å². The molecule has 1 fully saturated rings. The molecular formula is C22H15Cl2NO2S2. The van der Waals surface area contributed by atoms with Gasteiger partial charge in [-0.25, -0.2) is 0 Å². The summed E-state index contributed by atoms with van der Waals surface area (Å²) in [6.07, 6.45) is 1.70. The average Bonchev–Trinajstić information content (AvgIpc) is 3.23. The van der Waals surface area contributed by atoms with Gasteiger partial charge in [0, 0.05) is 16.7 Å². The van der Waals surface area contributed by atoms with E-state index in [0.29, 0.717) is 36.4 Å². The lowest BCUT2D eigenvalue weighted by molar-refractivity contribution is -0.113. The summed E-state index contributed by atoms with van der Waals surface area (Å²) in [5, 5.41) is 1.10. The van der Waals surface area contributed by atoms with Crippen LogP contribution in [-0.2, 0) is 4.79 Å². The summed E-state index contributed by atoms with van der Waals surface area (Å²) < 4.78 is 6.38. The zero-order valence-corrected chi connectivity index (χ0v) is 18.7. The van der Waals surface area contributed by atoms with Crippen molar-refractivity contribution < 1.29 is 9.21 Å². The first-order valence-corrected chi connectivity index (χ1v) is 10.7. The fourth-order valence-corrected chi connectivity index (χ4v) is 4.77. The molecule has 0 atom stereocenters. The summed E-state index contributed by atoms with van der Waals surface area (Å²) in [4.78, 5) is 15.1. The molecule has 0 N–H and O–H groups in total. The van der Waals surface area contributed by atoms with Crippen molar-refractivity contribution in [1.29, 1.82) is 0 Å². The van der Waals surface area contributed by atoms with Crippen molar-refractivity contribution in [1.82, 2.24) is 0 Å². The predicted molar refractivity (Wildman–Crippen MR) is 126 cm³/mol. The zero-order chi connectivity index (χ0) is 20.7. The molecule has 0 aliphatic carbocycles. The summed E-state index contributed by atoms with van der Waals surface area (Å²) in [7, 11) is 0. The van der Waals surface area contributed by atoms with E-state index in [2.05, 4.69) is 0 Å². The Kier molecular flexibility index (Phi) is 5.58. The van der Waals surface area contributed by atoms with Crippen LogP contribution in [0.15, 0.2) is 57.9 Å². The third-order valence-electron chi connectivity index (χ3n) is 4.48. The minimum atomic E-state index is -0.161. The van der Waals surface area contributed by atoms with Crippen LogP contribution in [0.1, 0.15) is 16.9 Å². The molecule has 3 nitrogen and oxygen atoms in total. The third kappa shape index (κ3) is 4.01. The van der Waals surface area contributed by atoms with Gasteiger partial charge in [0.05, 0.1) is 15.6 Å². The summed E-state index contributed by atoms with van der Waals surface area (Å²) in [5.41, 5.74) is 3.63. The number of halogens is 2. The molecule has 1 aromatic heterocycles. The van der Waals surface area contributed by atoms with Gasteiger partial charge in [0.2, 0.25) is 0 Å². The lowest BCUT2D eigenvalue weighted by Crippen LogP contribution is -2.28. The summed E-state index contributed by atoms with van der Waals surface area (Å²) in [6, 6.07) is 14.7. The minimum absolute atomic E-state index is 0.161. The van der Waals surface area contributed by atoms with Gasteiger partial charge in [0.25, 0.3) is 5.91 Å². The Hall–Kier alpha value is -2.05. The van der Waals surface area contributed by atoms with Crippen molar-refractivity contribution in [3.63, 3.8) is 0 Å². The first kappa shape index (κ1) is 20.2. The van der Waals surface area contributed by atoms with Crippen molar-refractivity contribution in [3.8, 4) is 11.3 Å². The number of anilines is 1. The number of nitrogens with zero attached hydrogens (tertiary/aromatic N) is 1. The molecule has 0 saturated carbocycles. The van der Waals surface area contributed by atoms with Crippen LogP contribution < -0.4 is 4.90 Å². The molecule has 7 heteroatoms. The predicted octanol–water partition coefficient (Wildman–Crippen LogP) is 7.28. The average molecular weight is 460 g/mol. The number of furan rings is 1. The molecule has 1 saturated heterocycles. The maximum absolute atomic E-state index is 13.0. The van der Waals surface area contributed by atoms with E-state index in [1.807, 2.05) is 32.0 Å². The Balaban J connectivity index is 1.64. The quantitative estimate of drug-likeness (QED) is 0.304. The highest BCUT2D eigenvalue weighted by Gasteiger charge is 2.34. The van der Waals surface area contributed by atoms with Crippen molar-refractivity contribution in [3.05, 3.63) is 80.4 Å². The van der Waals surface area contributed by atoms with Crippen molar-refractivity contribution >= 4 is 69.2 Å². The molecule has 0 bridgehead atoms. The van der Waals surface area contributed by atoms with Gasteiger partial charge in [-0.15, -0.1) is 0 Å². The Bertz CT molecular complexity index is 1180. The number of amides is 1. The number of rotatable bonds is 3. The standard InChI is InChI=1S/C22H15Cl2NO2S2/c1-12-3-7-18(13(2)9-12)25-21(26)20(29-22(25)28)11-15-5-8-19(27-15)16-10-14(23)4-6-17(16)24/h3-11H,1-2H3/b20-11-. The molecule has 1 amide bonds. The number of hydrogen-bond acceptors (Lipinski definition) is 4. The van der Waals surface area contributed by atoms with Crippen LogP contribution in [0.2, 0.25) is 10.0 Å². The second-order valence-corrected chi connectivity index (χ2v) is 9.15. The molecule has 4 rings (SSSR count). The Labute approximate surface area is 188 Å². The molecule has 0 radical (unpaired) electrons. The largest absolute Gasteiger partial charge is 0.457 e. The van der Waals surface area contributed by atoms with Crippen LogP contribution in [0.25, 0.3) is 17.4 Å². The minimum Gasteiger partial charge on any atom is -0.457 e. The lowest BCUT2D eigenvalue weighted by atomic mass is 10.1. The van der Waals surface area contributed by atoms with Gasteiger partial charge in [-0.05, 0) is 55.8 Å². The topological polar surface area (TPSA) is 33.5 Å². The van der Waals surface area contributed by atoms with Crippen molar-refractivity contribution in [2.75, 3.05) is 4.90 Å². The second kappa shape index (κ2) is 8.00. The van der Waals surface area contributed by atoms with E-state index < -0.39 is 0 Å². The van der Waals surface area contributed by atoms with Crippen LogP contribution >= 0.6 is 47.2 Å². The monoisotopic (exact) mass is 459 g/mol. The van der Waals surface area contributed by atoms with Crippen LogP contribution in [-0.4, -0.2) is 10.2 Å². The fourth-order valence-electron chi connectivity index (χ4n) is 3.12. The lowest BCUT2D eigenvalue weighted by Gasteiger charge is -2.17. The number of benzene rings is 2. The third-order valence-corrected chi connectivity index (χ3v) is 6.35. The molecule has 3 aromatic rings. The van der Waals surface area contributed by atoms with E-state index in [0.717, 1.165) is 16.8 Å². The van der Waals surface area contributed by atoms with E-state index in [1.54, 1.807) is 41.3 Å². The van der Waals surface area contributed by atoms with E-state index >= 15 is 0 Å². The van der Waals surface area contributed by atoms with Crippen molar-refractivity contribution in [2.24, 2.45) is 0 Å². The Morgan fingerprint density at radius 1 is 1.07 bits per heavy atom. The first-order valence-electron chi connectivity index (χ1n) is 8.74. The summed E-state index contributed by atoms with van der Waals surface area (Å²) in [6.45, 7) is 3.99. The number of carbonyl (C=O) groups is 1. The van der Waals surface area contributed by atoms with Gasteiger partial charge in [-0.3, -0.25) is 9.69 Å². The molecule has 2 aromatic carbocycles. The van der Waals surface area contributed by atoms with E-state index in [9.17, 15) is 4.79 Å². The van der Waals surface area contributed by atoms with Gasteiger partial charge >= 0.3 is 0 Å². The smallest absolute Gasteiger partial charge is 0.270 e. The number of aryl methyl sites for hydroxylation is 2. The Morgan fingerprint density at radius 3 is 2.62 bits per heavy atom. The van der Waals surface area contributed by atoms with Gasteiger partial charge in [-0.2, -0.15) is 0 Å². The van der Waals surface area contributed by atoms with E-state index in [1.165, 1.54) is 11.8 Å². The second-order valence-electron chi connectivity index (χ2n) is 6.63. The fraction of sp³-hybridized carbons (Fsp3) is 0.0909. The molecule has 1 aliphatic rings. The van der Waals surface area contributed by atoms with E-state index in [-0.39, 0.29) is 5.91 Å². The van der Waals surface area contributed by atoms with Gasteiger partial charge in [-0.1, -0.05) is 64.9 Å².